The predicted octanol–water partition coefficient (Wildman–Crippen LogP) is 3.61. The van der Waals surface area contributed by atoms with Gasteiger partial charge in [-0.1, -0.05) is 23.5 Å². The zero-order valence-electron chi connectivity index (χ0n) is 22.9. The number of ether oxygens (including phenoxy) is 5. The molecule has 0 radical (unpaired) electrons. The molecule has 0 N–H and O–H groups in total. The van der Waals surface area contributed by atoms with Crippen molar-refractivity contribution in [3.63, 3.8) is 0 Å². The average molecular weight is 553 g/mol. The van der Waals surface area contributed by atoms with Gasteiger partial charge in [-0.3, -0.25) is 9.36 Å². The lowest BCUT2D eigenvalue weighted by atomic mass is 9.95. The second kappa shape index (κ2) is 12.2. The number of carbonyl (C=O) groups is 1. The molecule has 10 heteroatoms. The number of rotatable bonds is 10. The van der Waals surface area contributed by atoms with Crippen LogP contribution in [0.25, 0.3) is 6.08 Å². The minimum atomic E-state index is -0.762. The summed E-state index contributed by atoms with van der Waals surface area (Å²) in [6.45, 7) is 8.39. The smallest absolute Gasteiger partial charge is 0.338 e. The quantitative estimate of drug-likeness (QED) is 0.355. The van der Waals surface area contributed by atoms with Crippen molar-refractivity contribution in [2.45, 2.75) is 33.7 Å². The minimum absolute atomic E-state index is 0.194. The normalized spacial score (nSPS) is 14.9. The molecule has 3 aromatic rings. The Balaban J connectivity index is 1.92. The van der Waals surface area contributed by atoms with Crippen LogP contribution >= 0.6 is 11.3 Å². The van der Waals surface area contributed by atoms with Crippen molar-refractivity contribution in [3.8, 4) is 23.0 Å². The summed E-state index contributed by atoms with van der Waals surface area (Å²) in [5.74, 6) is 1.73. The molecule has 0 amide bonds. The first kappa shape index (κ1) is 28.0. The fourth-order valence-corrected chi connectivity index (χ4v) is 5.49. The van der Waals surface area contributed by atoms with E-state index < -0.39 is 12.0 Å². The van der Waals surface area contributed by atoms with Gasteiger partial charge in [0, 0.05) is 0 Å². The number of allylic oxidation sites excluding steroid dienone is 1. The van der Waals surface area contributed by atoms with Gasteiger partial charge in [0.15, 0.2) is 27.8 Å². The first-order valence-corrected chi connectivity index (χ1v) is 13.5. The molecule has 1 aliphatic rings. The van der Waals surface area contributed by atoms with E-state index in [1.54, 1.807) is 50.8 Å². The van der Waals surface area contributed by atoms with E-state index in [9.17, 15) is 9.59 Å². The molecule has 4 rings (SSSR count). The van der Waals surface area contributed by atoms with Crippen LogP contribution in [0.1, 0.15) is 44.9 Å². The fraction of sp³-hybridized carbons (Fsp3) is 0.345. The molecule has 1 aromatic heterocycles. The molecule has 39 heavy (non-hydrogen) atoms. The molecule has 0 aliphatic carbocycles. The van der Waals surface area contributed by atoms with Crippen molar-refractivity contribution in [2.24, 2.45) is 4.99 Å². The summed E-state index contributed by atoms with van der Waals surface area (Å²) in [5.41, 5.74) is 1.95. The van der Waals surface area contributed by atoms with Gasteiger partial charge in [0.2, 0.25) is 0 Å². The monoisotopic (exact) mass is 552 g/mol. The molecular weight excluding hydrogens is 520 g/mol. The number of methoxy groups -OCH3 is 2. The summed E-state index contributed by atoms with van der Waals surface area (Å²) in [6.07, 6.45) is 1.78. The third kappa shape index (κ3) is 5.56. The second-order valence-electron chi connectivity index (χ2n) is 8.49. The van der Waals surface area contributed by atoms with Gasteiger partial charge in [-0.2, -0.15) is 0 Å². The van der Waals surface area contributed by atoms with Crippen LogP contribution in [0, 0.1) is 0 Å². The molecule has 0 saturated heterocycles. The maximum atomic E-state index is 13.9. The van der Waals surface area contributed by atoms with Gasteiger partial charge < -0.3 is 23.7 Å². The Bertz CT molecular complexity index is 1590. The van der Waals surface area contributed by atoms with Gasteiger partial charge in [-0.15, -0.1) is 0 Å². The van der Waals surface area contributed by atoms with E-state index in [1.807, 2.05) is 38.1 Å². The third-order valence-electron chi connectivity index (χ3n) is 6.11. The number of esters is 1. The van der Waals surface area contributed by atoms with Crippen molar-refractivity contribution < 1.29 is 28.5 Å². The molecule has 0 bridgehead atoms. The van der Waals surface area contributed by atoms with Crippen molar-refractivity contribution in [1.29, 1.82) is 0 Å². The zero-order chi connectivity index (χ0) is 28.1. The van der Waals surface area contributed by atoms with Gasteiger partial charge >= 0.3 is 5.97 Å². The Kier molecular flexibility index (Phi) is 8.75. The highest BCUT2D eigenvalue weighted by Crippen LogP contribution is 2.36. The van der Waals surface area contributed by atoms with Crippen LogP contribution in [0.5, 0.6) is 23.0 Å². The molecule has 1 aliphatic heterocycles. The summed E-state index contributed by atoms with van der Waals surface area (Å²) >= 11 is 1.25. The van der Waals surface area contributed by atoms with Crippen molar-refractivity contribution in [2.75, 3.05) is 34.0 Å². The topological polar surface area (TPSA) is 97.6 Å². The molecule has 1 atom stereocenters. The van der Waals surface area contributed by atoms with Crippen molar-refractivity contribution in [1.82, 2.24) is 4.57 Å². The maximum Gasteiger partial charge on any atom is 0.338 e. The number of thiazole rings is 1. The van der Waals surface area contributed by atoms with Gasteiger partial charge in [0.1, 0.15) is 0 Å². The van der Waals surface area contributed by atoms with Gasteiger partial charge in [0.25, 0.3) is 5.56 Å². The highest BCUT2D eigenvalue weighted by atomic mass is 32.1. The summed E-state index contributed by atoms with van der Waals surface area (Å²) in [5, 5.41) is 0. The molecule has 0 saturated carbocycles. The number of carbonyl (C=O) groups excluding carboxylic acids is 1. The summed E-state index contributed by atoms with van der Waals surface area (Å²) in [4.78, 5) is 32.2. The van der Waals surface area contributed by atoms with E-state index in [0.29, 0.717) is 62.4 Å². The largest absolute Gasteiger partial charge is 0.493 e. The van der Waals surface area contributed by atoms with E-state index in [0.717, 1.165) is 5.56 Å². The molecule has 206 valence electrons. The van der Waals surface area contributed by atoms with E-state index in [-0.39, 0.29) is 12.2 Å². The van der Waals surface area contributed by atoms with Crippen LogP contribution in [0.3, 0.4) is 0 Å². The van der Waals surface area contributed by atoms with E-state index in [2.05, 4.69) is 4.99 Å². The summed E-state index contributed by atoms with van der Waals surface area (Å²) in [7, 11) is 3.13. The van der Waals surface area contributed by atoms with E-state index in [1.165, 1.54) is 11.3 Å². The molecule has 0 unspecified atom stereocenters. The Morgan fingerprint density at radius 3 is 2.31 bits per heavy atom. The van der Waals surface area contributed by atoms with Crippen LogP contribution < -0.4 is 33.8 Å². The minimum Gasteiger partial charge on any atom is -0.493 e. The van der Waals surface area contributed by atoms with Crippen LogP contribution in [-0.2, 0) is 9.53 Å². The number of hydrogen-bond donors (Lipinski definition) is 0. The molecule has 0 spiro atoms. The second-order valence-corrected chi connectivity index (χ2v) is 9.50. The van der Waals surface area contributed by atoms with Crippen LogP contribution in [0.15, 0.2) is 57.5 Å². The lowest BCUT2D eigenvalue weighted by molar-refractivity contribution is -0.139. The van der Waals surface area contributed by atoms with Crippen molar-refractivity contribution >= 4 is 23.4 Å². The molecular formula is C29H32N2O7S. The number of fused-ring (bicyclic) bond motifs is 1. The summed E-state index contributed by atoms with van der Waals surface area (Å²) < 4.78 is 29.7. The summed E-state index contributed by atoms with van der Waals surface area (Å²) in [6, 6.07) is 10.1. The SMILES string of the molecule is CCOC(=O)C1=C(C)N=c2s/c(=C\c3ccc(OCC)c(OC)c3)c(=O)n2[C@@H]1c1ccc(OC)c(OCC)c1. The Morgan fingerprint density at radius 1 is 0.949 bits per heavy atom. The van der Waals surface area contributed by atoms with Crippen LogP contribution in [0.2, 0.25) is 0 Å². The Morgan fingerprint density at radius 2 is 1.64 bits per heavy atom. The van der Waals surface area contributed by atoms with Crippen LogP contribution in [-0.4, -0.2) is 44.6 Å². The van der Waals surface area contributed by atoms with Crippen molar-refractivity contribution in [3.05, 3.63) is 78.5 Å². The first-order valence-electron chi connectivity index (χ1n) is 12.7. The number of hydrogen-bond acceptors (Lipinski definition) is 9. The highest BCUT2D eigenvalue weighted by molar-refractivity contribution is 7.07. The van der Waals surface area contributed by atoms with Gasteiger partial charge in [-0.25, -0.2) is 9.79 Å². The fourth-order valence-electron chi connectivity index (χ4n) is 4.44. The predicted molar refractivity (Wildman–Crippen MR) is 149 cm³/mol. The Hall–Kier alpha value is -4.05. The highest BCUT2D eigenvalue weighted by Gasteiger charge is 2.34. The first-order chi connectivity index (χ1) is 18.9. The number of aromatic nitrogens is 1. The molecule has 2 heterocycles. The molecule has 0 fully saturated rings. The Labute approximate surface area is 230 Å². The maximum absolute atomic E-state index is 13.9. The van der Waals surface area contributed by atoms with Gasteiger partial charge in [-0.05, 0) is 69.2 Å². The number of nitrogens with zero attached hydrogens (tertiary/aromatic N) is 2. The third-order valence-corrected chi connectivity index (χ3v) is 7.09. The standard InChI is InChI=1S/C29H32N2O7S/c1-7-36-21-12-10-18(14-22(21)35-6)15-24-27(32)31-26(19-11-13-20(34-5)23(16-19)37-8-2)25(28(33)38-9-3)17(4)30-29(31)39-24/h10-16,26H,7-9H2,1-6H3/b24-15-/t26-/m1/s1. The molecule has 2 aromatic carbocycles. The molecule has 9 nitrogen and oxygen atoms in total. The number of benzene rings is 2. The van der Waals surface area contributed by atoms with Gasteiger partial charge in [0.05, 0.1) is 55.9 Å². The zero-order valence-corrected chi connectivity index (χ0v) is 23.7. The lowest BCUT2D eigenvalue weighted by Crippen LogP contribution is -2.40. The van der Waals surface area contributed by atoms with E-state index in [4.69, 9.17) is 23.7 Å². The lowest BCUT2D eigenvalue weighted by Gasteiger charge is -2.25. The van der Waals surface area contributed by atoms with Crippen LogP contribution in [0.4, 0.5) is 0 Å². The average Bonchev–Trinajstić information content (AvgIpc) is 3.23. The van der Waals surface area contributed by atoms with E-state index >= 15 is 0 Å².